The highest BCUT2D eigenvalue weighted by Crippen LogP contribution is 2.31. The van der Waals surface area contributed by atoms with E-state index >= 15 is 0 Å². The number of carbonyl (C=O) groups is 1. The average Bonchev–Trinajstić information content (AvgIpc) is 2.96. The van der Waals surface area contributed by atoms with Gasteiger partial charge in [-0.2, -0.15) is 4.98 Å². The smallest absolute Gasteiger partial charge is 0.254 e. The summed E-state index contributed by atoms with van der Waals surface area (Å²) in [7, 11) is 0. The van der Waals surface area contributed by atoms with E-state index in [4.69, 9.17) is 4.52 Å². The minimum absolute atomic E-state index is 0.113. The Balaban J connectivity index is 1.89. The molecule has 0 saturated carbocycles. The second-order valence-corrected chi connectivity index (χ2v) is 5.32. The number of hydrogen-bond donors (Lipinski definition) is 0. The molecule has 1 atom stereocenters. The number of nitrogens with zero attached hydrogens (tertiary/aromatic N) is 3. The summed E-state index contributed by atoms with van der Waals surface area (Å²) < 4.78 is 31.5. The van der Waals surface area contributed by atoms with Crippen LogP contribution in [-0.2, 0) is 0 Å². The van der Waals surface area contributed by atoms with Gasteiger partial charge in [0.1, 0.15) is 6.04 Å². The van der Waals surface area contributed by atoms with Gasteiger partial charge in [-0.05, 0) is 44.4 Å². The lowest BCUT2D eigenvalue weighted by Gasteiger charge is -2.33. The van der Waals surface area contributed by atoms with Crippen LogP contribution in [0.3, 0.4) is 0 Å². The number of hydrogen-bond acceptors (Lipinski definition) is 4. The van der Waals surface area contributed by atoms with Crippen LogP contribution in [0.25, 0.3) is 0 Å². The Bertz CT molecular complexity index is 702. The standard InChI is InChI=1S/C15H15F2N3O2/c1-9-18-14(22-19-9)13-4-2-3-7-20(13)15(21)10-5-6-11(16)12(17)8-10/h5-6,8,13H,2-4,7H2,1H3. The van der Waals surface area contributed by atoms with Crippen molar-refractivity contribution in [3.63, 3.8) is 0 Å². The molecule has 0 N–H and O–H groups in total. The normalized spacial score (nSPS) is 18.5. The highest BCUT2D eigenvalue weighted by Gasteiger charge is 2.32. The molecule has 1 aromatic heterocycles. The van der Waals surface area contributed by atoms with Crippen molar-refractivity contribution in [1.82, 2.24) is 15.0 Å². The number of aryl methyl sites for hydroxylation is 1. The summed E-state index contributed by atoms with van der Waals surface area (Å²) >= 11 is 0. The van der Waals surface area contributed by atoms with E-state index in [0.717, 1.165) is 25.0 Å². The fourth-order valence-corrected chi connectivity index (χ4v) is 2.67. The summed E-state index contributed by atoms with van der Waals surface area (Å²) in [6, 6.07) is 2.84. The van der Waals surface area contributed by atoms with Crippen LogP contribution in [0, 0.1) is 18.6 Å². The van der Waals surface area contributed by atoms with Crippen molar-refractivity contribution >= 4 is 5.91 Å². The van der Waals surface area contributed by atoms with Crippen LogP contribution in [-0.4, -0.2) is 27.5 Å². The summed E-state index contributed by atoms with van der Waals surface area (Å²) in [6.07, 6.45) is 2.49. The Labute approximate surface area is 125 Å². The van der Waals surface area contributed by atoms with Crippen molar-refractivity contribution < 1.29 is 18.1 Å². The molecule has 22 heavy (non-hydrogen) atoms. The first-order valence-electron chi connectivity index (χ1n) is 7.12. The maximum atomic E-state index is 13.3. The maximum absolute atomic E-state index is 13.3. The fourth-order valence-electron chi connectivity index (χ4n) is 2.67. The third-order valence-corrected chi connectivity index (χ3v) is 3.76. The Morgan fingerprint density at radius 3 is 2.82 bits per heavy atom. The summed E-state index contributed by atoms with van der Waals surface area (Å²) in [6.45, 7) is 2.22. The molecule has 0 bridgehead atoms. The number of benzene rings is 1. The van der Waals surface area contributed by atoms with E-state index in [0.29, 0.717) is 24.7 Å². The van der Waals surface area contributed by atoms with Gasteiger partial charge in [-0.1, -0.05) is 5.16 Å². The van der Waals surface area contributed by atoms with Gasteiger partial charge >= 0.3 is 0 Å². The number of piperidine rings is 1. The minimum Gasteiger partial charge on any atom is -0.337 e. The Hall–Kier alpha value is -2.31. The number of rotatable bonds is 2. The molecular formula is C15H15F2N3O2. The van der Waals surface area contributed by atoms with E-state index in [1.165, 1.54) is 6.07 Å². The second-order valence-electron chi connectivity index (χ2n) is 5.32. The predicted molar refractivity (Wildman–Crippen MR) is 73.0 cm³/mol. The van der Waals surface area contributed by atoms with Gasteiger partial charge in [0.15, 0.2) is 17.5 Å². The predicted octanol–water partition coefficient (Wildman–Crippen LogP) is 3.02. The summed E-state index contributed by atoms with van der Waals surface area (Å²) in [5.41, 5.74) is 0.113. The van der Waals surface area contributed by atoms with E-state index in [2.05, 4.69) is 10.1 Å². The molecule has 1 fully saturated rings. The van der Waals surface area contributed by atoms with Gasteiger partial charge < -0.3 is 9.42 Å². The molecule has 1 unspecified atom stereocenters. The molecule has 2 aromatic rings. The first-order chi connectivity index (χ1) is 10.6. The summed E-state index contributed by atoms with van der Waals surface area (Å²) in [4.78, 5) is 18.4. The fraction of sp³-hybridized carbons (Fsp3) is 0.400. The molecule has 7 heteroatoms. The van der Waals surface area contributed by atoms with Crippen LogP contribution in [0.2, 0.25) is 0 Å². The van der Waals surface area contributed by atoms with Gasteiger partial charge in [-0.25, -0.2) is 8.78 Å². The van der Waals surface area contributed by atoms with E-state index in [1.807, 2.05) is 0 Å². The van der Waals surface area contributed by atoms with E-state index in [-0.39, 0.29) is 17.5 Å². The molecule has 1 aromatic carbocycles. The summed E-state index contributed by atoms with van der Waals surface area (Å²) in [5, 5.41) is 3.75. The highest BCUT2D eigenvalue weighted by atomic mass is 19.2. The van der Waals surface area contributed by atoms with Crippen molar-refractivity contribution in [2.24, 2.45) is 0 Å². The second kappa shape index (κ2) is 5.82. The molecule has 1 aliphatic heterocycles. The third kappa shape index (κ3) is 2.70. The van der Waals surface area contributed by atoms with Crippen molar-refractivity contribution in [3.05, 3.63) is 47.1 Å². The van der Waals surface area contributed by atoms with Crippen molar-refractivity contribution in [1.29, 1.82) is 0 Å². The average molecular weight is 307 g/mol. The molecule has 3 rings (SSSR count). The van der Waals surface area contributed by atoms with Crippen molar-refractivity contribution in [2.45, 2.75) is 32.2 Å². The summed E-state index contributed by atoms with van der Waals surface area (Å²) in [5.74, 6) is -1.49. The zero-order valence-electron chi connectivity index (χ0n) is 12.1. The topological polar surface area (TPSA) is 59.2 Å². The highest BCUT2D eigenvalue weighted by molar-refractivity contribution is 5.94. The molecule has 2 heterocycles. The maximum Gasteiger partial charge on any atom is 0.254 e. The van der Waals surface area contributed by atoms with Crippen LogP contribution in [0.1, 0.15) is 47.4 Å². The van der Waals surface area contributed by atoms with Crippen LogP contribution < -0.4 is 0 Å². The number of amides is 1. The molecule has 1 amide bonds. The zero-order chi connectivity index (χ0) is 15.7. The Kier molecular flexibility index (Phi) is 3.87. The van der Waals surface area contributed by atoms with Gasteiger partial charge in [-0.15, -0.1) is 0 Å². The van der Waals surface area contributed by atoms with Gasteiger partial charge in [-0.3, -0.25) is 4.79 Å². The first kappa shape index (κ1) is 14.6. The van der Waals surface area contributed by atoms with Crippen LogP contribution in [0.15, 0.2) is 22.7 Å². The van der Waals surface area contributed by atoms with E-state index in [9.17, 15) is 13.6 Å². The number of aromatic nitrogens is 2. The lowest BCUT2D eigenvalue weighted by atomic mass is 10.0. The van der Waals surface area contributed by atoms with Gasteiger partial charge in [0, 0.05) is 12.1 Å². The van der Waals surface area contributed by atoms with Crippen LogP contribution in [0.5, 0.6) is 0 Å². The molecule has 0 radical (unpaired) electrons. The molecule has 1 saturated heterocycles. The quantitative estimate of drug-likeness (QED) is 0.855. The van der Waals surface area contributed by atoms with Crippen LogP contribution >= 0.6 is 0 Å². The van der Waals surface area contributed by atoms with Crippen molar-refractivity contribution in [2.75, 3.05) is 6.54 Å². The van der Waals surface area contributed by atoms with E-state index in [1.54, 1.807) is 11.8 Å². The van der Waals surface area contributed by atoms with Crippen molar-refractivity contribution in [3.8, 4) is 0 Å². The number of halogens is 2. The molecule has 116 valence electrons. The zero-order valence-corrected chi connectivity index (χ0v) is 12.1. The van der Waals surface area contributed by atoms with Gasteiger partial charge in [0.25, 0.3) is 5.91 Å². The van der Waals surface area contributed by atoms with Gasteiger partial charge in [0.2, 0.25) is 5.89 Å². The Morgan fingerprint density at radius 2 is 2.14 bits per heavy atom. The monoisotopic (exact) mass is 307 g/mol. The first-order valence-corrected chi connectivity index (χ1v) is 7.12. The molecule has 1 aliphatic rings. The largest absolute Gasteiger partial charge is 0.337 e. The molecular weight excluding hydrogens is 292 g/mol. The lowest BCUT2D eigenvalue weighted by molar-refractivity contribution is 0.0561. The number of carbonyl (C=O) groups excluding carboxylic acids is 1. The molecule has 0 aliphatic carbocycles. The number of likely N-dealkylation sites (tertiary alicyclic amines) is 1. The lowest BCUT2D eigenvalue weighted by Crippen LogP contribution is -2.38. The third-order valence-electron chi connectivity index (χ3n) is 3.76. The Morgan fingerprint density at radius 1 is 1.32 bits per heavy atom. The SMILES string of the molecule is Cc1noc(C2CCCCN2C(=O)c2ccc(F)c(F)c2)n1. The molecule has 5 nitrogen and oxygen atoms in total. The van der Waals surface area contributed by atoms with Gasteiger partial charge in [0.05, 0.1) is 0 Å². The molecule has 0 spiro atoms. The van der Waals surface area contributed by atoms with E-state index < -0.39 is 11.6 Å². The van der Waals surface area contributed by atoms with Crippen LogP contribution in [0.4, 0.5) is 8.78 Å². The minimum atomic E-state index is -1.03.